The molecule has 7 nitrogen and oxygen atoms in total. The molecule has 0 saturated carbocycles. The lowest BCUT2D eigenvalue weighted by molar-refractivity contribution is 0.140. The molecule has 0 radical (unpaired) electrons. The van der Waals surface area contributed by atoms with Gasteiger partial charge in [0, 0.05) is 31.2 Å². The molecule has 0 aromatic heterocycles. The van der Waals surface area contributed by atoms with Crippen LogP contribution in [0.5, 0.6) is 5.75 Å². The van der Waals surface area contributed by atoms with E-state index in [0.29, 0.717) is 23.9 Å². The van der Waals surface area contributed by atoms with Crippen LogP contribution in [0.25, 0.3) is 0 Å². The zero-order valence-electron chi connectivity index (χ0n) is 15.4. The maximum absolute atomic E-state index is 12.6. The molecular formula is C19H22ClN3O4S. The van der Waals surface area contributed by atoms with Crippen molar-refractivity contribution >= 4 is 27.7 Å². The third-order valence-corrected chi connectivity index (χ3v) is 6.52. The summed E-state index contributed by atoms with van der Waals surface area (Å²) in [6, 6.07) is 14.9. The molecule has 1 heterocycles. The standard InChI is InChI=1S/C19H22ClN3O4S/c1-15(27-17-9-7-16(20)8-10-17)21-19(24)22-11-13-23(14-12-22)28(25,26)18-5-3-2-4-6-18/h2-10,15H,11-14H2,1H3,(H,21,24). The van der Waals surface area contributed by atoms with Gasteiger partial charge in [-0.15, -0.1) is 0 Å². The lowest BCUT2D eigenvalue weighted by Crippen LogP contribution is -2.54. The summed E-state index contributed by atoms with van der Waals surface area (Å²) in [6.45, 7) is 2.84. The fourth-order valence-corrected chi connectivity index (χ4v) is 4.45. The molecule has 0 spiro atoms. The van der Waals surface area contributed by atoms with Gasteiger partial charge in [-0.1, -0.05) is 29.8 Å². The minimum atomic E-state index is -3.54. The van der Waals surface area contributed by atoms with Crippen LogP contribution < -0.4 is 10.1 Å². The first-order valence-electron chi connectivity index (χ1n) is 8.89. The molecule has 0 bridgehead atoms. The highest BCUT2D eigenvalue weighted by molar-refractivity contribution is 7.89. The van der Waals surface area contributed by atoms with E-state index >= 15 is 0 Å². The van der Waals surface area contributed by atoms with E-state index in [2.05, 4.69) is 5.32 Å². The van der Waals surface area contributed by atoms with Crippen LogP contribution in [0.3, 0.4) is 0 Å². The van der Waals surface area contributed by atoms with Gasteiger partial charge in [0.25, 0.3) is 0 Å². The van der Waals surface area contributed by atoms with Crippen LogP contribution in [0, 0.1) is 0 Å². The summed E-state index contributed by atoms with van der Waals surface area (Å²) < 4.78 is 32.3. The summed E-state index contributed by atoms with van der Waals surface area (Å²) in [5.41, 5.74) is 0. The Morgan fingerprint density at radius 2 is 1.64 bits per heavy atom. The number of hydrogen-bond donors (Lipinski definition) is 1. The first-order valence-corrected chi connectivity index (χ1v) is 10.7. The number of rotatable bonds is 5. The molecule has 0 aliphatic carbocycles. The highest BCUT2D eigenvalue weighted by atomic mass is 35.5. The number of benzene rings is 2. The number of halogens is 1. The van der Waals surface area contributed by atoms with Crippen molar-refractivity contribution in [1.82, 2.24) is 14.5 Å². The number of urea groups is 1. The molecular weight excluding hydrogens is 402 g/mol. The van der Waals surface area contributed by atoms with E-state index in [1.54, 1.807) is 66.4 Å². The van der Waals surface area contributed by atoms with Gasteiger partial charge in [-0.3, -0.25) is 0 Å². The molecule has 1 aliphatic heterocycles. The summed E-state index contributed by atoms with van der Waals surface area (Å²) in [7, 11) is -3.54. The summed E-state index contributed by atoms with van der Waals surface area (Å²) in [5.74, 6) is 0.593. The number of ether oxygens (including phenoxy) is 1. The second-order valence-corrected chi connectivity index (χ2v) is 8.74. The fraction of sp³-hybridized carbons (Fsp3) is 0.316. The number of piperazine rings is 1. The van der Waals surface area contributed by atoms with Crippen molar-refractivity contribution in [2.24, 2.45) is 0 Å². The van der Waals surface area contributed by atoms with Gasteiger partial charge in [0.2, 0.25) is 10.0 Å². The Labute approximate surface area is 169 Å². The minimum Gasteiger partial charge on any atom is -0.471 e. The van der Waals surface area contributed by atoms with Gasteiger partial charge in [-0.2, -0.15) is 4.31 Å². The molecule has 150 valence electrons. The Balaban J connectivity index is 1.51. The van der Waals surface area contributed by atoms with Gasteiger partial charge in [0.15, 0.2) is 6.23 Å². The Kier molecular flexibility index (Phi) is 6.43. The molecule has 1 aliphatic rings. The first kappa shape index (κ1) is 20.4. The Morgan fingerprint density at radius 3 is 2.25 bits per heavy atom. The monoisotopic (exact) mass is 423 g/mol. The zero-order valence-corrected chi connectivity index (χ0v) is 17.0. The Morgan fingerprint density at radius 1 is 1.04 bits per heavy atom. The smallest absolute Gasteiger partial charge is 0.320 e. The minimum absolute atomic E-state index is 0.247. The van der Waals surface area contributed by atoms with Crippen LogP contribution in [-0.4, -0.2) is 56.1 Å². The van der Waals surface area contributed by atoms with Crippen molar-refractivity contribution in [1.29, 1.82) is 0 Å². The number of nitrogens with zero attached hydrogens (tertiary/aromatic N) is 2. The SMILES string of the molecule is CC(NC(=O)N1CCN(S(=O)(=O)c2ccccc2)CC1)Oc1ccc(Cl)cc1. The summed E-state index contributed by atoms with van der Waals surface area (Å²) in [4.78, 5) is 14.3. The van der Waals surface area contributed by atoms with Gasteiger partial charge in [0.05, 0.1) is 4.90 Å². The van der Waals surface area contributed by atoms with E-state index in [-0.39, 0.29) is 24.0 Å². The predicted octanol–water partition coefficient (Wildman–Crippen LogP) is 2.78. The molecule has 2 aromatic rings. The van der Waals surface area contributed by atoms with E-state index in [0.717, 1.165) is 0 Å². The van der Waals surface area contributed by atoms with Gasteiger partial charge in [0.1, 0.15) is 5.75 Å². The number of nitrogens with one attached hydrogen (secondary N) is 1. The highest BCUT2D eigenvalue weighted by Gasteiger charge is 2.30. The average molecular weight is 424 g/mol. The number of amides is 2. The summed E-state index contributed by atoms with van der Waals surface area (Å²) in [6.07, 6.45) is -0.542. The molecule has 9 heteroatoms. The second kappa shape index (κ2) is 8.81. The largest absolute Gasteiger partial charge is 0.471 e. The number of carbonyl (C=O) groups excluding carboxylic acids is 1. The maximum atomic E-state index is 12.6. The van der Waals surface area contributed by atoms with Crippen molar-refractivity contribution < 1.29 is 17.9 Å². The van der Waals surface area contributed by atoms with Crippen LogP contribution in [0.15, 0.2) is 59.5 Å². The third kappa shape index (κ3) is 4.95. The molecule has 2 amide bonds. The van der Waals surface area contributed by atoms with Gasteiger partial charge in [-0.25, -0.2) is 13.2 Å². The van der Waals surface area contributed by atoms with Crippen LogP contribution in [-0.2, 0) is 10.0 Å². The van der Waals surface area contributed by atoms with E-state index in [1.807, 2.05) is 0 Å². The second-order valence-electron chi connectivity index (χ2n) is 6.37. The first-order chi connectivity index (χ1) is 13.4. The van der Waals surface area contributed by atoms with E-state index in [9.17, 15) is 13.2 Å². The maximum Gasteiger partial charge on any atom is 0.320 e. The third-order valence-electron chi connectivity index (χ3n) is 4.36. The Hall–Kier alpha value is -2.29. The molecule has 1 atom stereocenters. The quantitative estimate of drug-likeness (QED) is 0.750. The topological polar surface area (TPSA) is 79.0 Å². The van der Waals surface area contributed by atoms with Crippen LogP contribution in [0.4, 0.5) is 4.79 Å². The molecule has 3 rings (SSSR count). The zero-order chi connectivity index (χ0) is 20.1. The van der Waals surface area contributed by atoms with Gasteiger partial charge < -0.3 is 15.0 Å². The van der Waals surface area contributed by atoms with E-state index in [1.165, 1.54) is 4.31 Å². The average Bonchev–Trinajstić information content (AvgIpc) is 2.70. The molecule has 1 N–H and O–H groups in total. The van der Waals surface area contributed by atoms with Gasteiger partial charge >= 0.3 is 6.03 Å². The summed E-state index contributed by atoms with van der Waals surface area (Å²) in [5, 5.41) is 3.37. The van der Waals surface area contributed by atoms with Crippen LogP contribution in [0.2, 0.25) is 5.02 Å². The lowest BCUT2D eigenvalue weighted by atomic mass is 10.3. The van der Waals surface area contributed by atoms with Crippen molar-refractivity contribution in [3.63, 3.8) is 0 Å². The fourth-order valence-electron chi connectivity index (χ4n) is 2.89. The van der Waals surface area contributed by atoms with Gasteiger partial charge in [-0.05, 0) is 43.3 Å². The lowest BCUT2D eigenvalue weighted by Gasteiger charge is -2.34. The van der Waals surface area contributed by atoms with Crippen molar-refractivity contribution in [2.45, 2.75) is 18.0 Å². The molecule has 28 heavy (non-hydrogen) atoms. The van der Waals surface area contributed by atoms with E-state index in [4.69, 9.17) is 16.3 Å². The normalized spacial score (nSPS) is 16.4. The predicted molar refractivity (Wildman–Crippen MR) is 107 cm³/mol. The van der Waals surface area contributed by atoms with Crippen LogP contribution in [0.1, 0.15) is 6.92 Å². The summed E-state index contributed by atoms with van der Waals surface area (Å²) >= 11 is 5.84. The Bertz CT molecular complexity index is 899. The van der Waals surface area contributed by atoms with Crippen molar-refractivity contribution in [3.05, 3.63) is 59.6 Å². The number of carbonyl (C=O) groups is 1. The molecule has 2 aromatic carbocycles. The molecule has 1 unspecified atom stereocenters. The highest BCUT2D eigenvalue weighted by Crippen LogP contribution is 2.18. The van der Waals surface area contributed by atoms with E-state index < -0.39 is 16.3 Å². The van der Waals surface area contributed by atoms with Crippen molar-refractivity contribution in [3.8, 4) is 5.75 Å². The van der Waals surface area contributed by atoms with Crippen molar-refractivity contribution in [2.75, 3.05) is 26.2 Å². The number of sulfonamides is 1. The number of hydrogen-bond acceptors (Lipinski definition) is 4. The molecule has 1 saturated heterocycles. The molecule has 1 fully saturated rings. The van der Waals surface area contributed by atoms with Crippen LogP contribution >= 0.6 is 11.6 Å².